The van der Waals surface area contributed by atoms with Gasteiger partial charge in [0, 0.05) is 12.2 Å². The van der Waals surface area contributed by atoms with Gasteiger partial charge in [-0.2, -0.15) is 0 Å². The van der Waals surface area contributed by atoms with Crippen molar-refractivity contribution < 1.29 is 14.3 Å². The minimum absolute atomic E-state index is 0.311. The van der Waals surface area contributed by atoms with Crippen LogP contribution in [-0.2, 0) is 14.3 Å². The third-order valence-corrected chi connectivity index (χ3v) is 5.38. The number of carbonyl (C=O) groups excluding carboxylic acids is 1. The summed E-state index contributed by atoms with van der Waals surface area (Å²) in [5.41, 5.74) is 0. The molecule has 0 aromatic carbocycles. The molecule has 0 spiro atoms. The Bertz CT molecular complexity index is 380. The average Bonchev–Trinajstić information content (AvgIpc) is 2.56. The number of methoxy groups -OCH3 is 1. The first-order valence-corrected chi connectivity index (χ1v) is 10.4. The molecule has 1 saturated carbocycles. The quantitative estimate of drug-likeness (QED) is 0.319. The highest BCUT2D eigenvalue weighted by molar-refractivity contribution is 8.03. The summed E-state index contributed by atoms with van der Waals surface area (Å²) in [6.45, 7) is 7.77. The van der Waals surface area contributed by atoms with E-state index in [4.69, 9.17) is 4.74 Å². The molecule has 0 N–H and O–H groups in total. The molecule has 0 amide bonds. The lowest BCUT2D eigenvalue weighted by Gasteiger charge is -2.21. The van der Waals surface area contributed by atoms with Crippen LogP contribution in [-0.4, -0.2) is 24.9 Å². The van der Waals surface area contributed by atoms with Gasteiger partial charge >= 0.3 is 5.97 Å². The summed E-state index contributed by atoms with van der Waals surface area (Å²) in [5, 5.41) is 0. The largest absolute Gasteiger partial charge is 0.495 e. The summed E-state index contributed by atoms with van der Waals surface area (Å²) in [6, 6.07) is 0. The molecule has 0 radical (unpaired) electrons. The second kappa shape index (κ2) is 13.4. The Hall–Kier alpha value is -0.900. The maximum absolute atomic E-state index is 11.3. The van der Waals surface area contributed by atoms with E-state index in [0.717, 1.165) is 30.8 Å². The van der Waals surface area contributed by atoms with Crippen molar-refractivity contribution in [2.24, 2.45) is 0 Å². The number of hydrogen-bond acceptors (Lipinski definition) is 4. The zero-order chi connectivity index (χ0) is 17.6. The van der Waals surface area contributed by atoms with Crippen molar-refractivity contribution >= 4 is 17.7 Å². The Morgan fingerprint density at radius 1 is 0.958 bits per heavy atom. The summed E-state index contributed by atoms with van der Waals surface area (Å²) >= 11 is 1.41. The third-order valence-electron chi connectivity index (χ3n) is 4.46. The van der Waals surface area contributed by atoms with Crippen LogP contribution in [0.25, 0.3) is 0 Å². The number of hydrogen-bond donors (Lipinski definition) is 0. The Labute approximate surface area is 152 Å². The lowest BCUT2D eigenvalue weighted by Crippen LogP contribution is -2.13. The van der Waals surface area contributed by atoms with Crippen LogP contribution in [0, 0.1) is 0 Å². The summed E-state index contributed by atoms with van der Waals surface area (Å²) in [7, 11) is 1.37. The van der Waals surface area contributed by atoms with Crippen LogP contribution in [0.15, 0.2) is 23.8 Å². The number of esters is 1. The number of allylic oxidation sites excluding steroid dienone is 1. The Balaban J connectivity index is 2.27. The number of carbonyl (C=O) groups is 1. The predicted octanol–water partition coefficient (Wildman–Crippen LogP) is 6.00. The van der Waals surface area contributed by atoms with Gasteiger partial charge in [0.2, 0.25) is 0 Å². The molecule has 0 aromatic heterocycles. The molecule has 0 saturated heterocycles. The van der Waals surface area contributed by atoms with Crippen LogP contribution < -0.4 is 0 Å². The van der Waals surface area contributed by atoms with E-state index < -0.39 is 0 Å². The fourth-order valence-electron chi connectivity index (χ4n) is 3.00. The average molecular weight is 355 g/mol. The summed E-state index contributed by atoms with van der Waals surface area (Å²) in [6.07, 6.45) is 15.4. The normalized spacial score (nSPS) is 18.0. The molecule has 0 aromatic rings. The SMILES string of the molecule is C=C(CCSC(=C)C(=O)OC)OC1CCCCCCCCCCC1. The van der Waals surface area contributed by atoms with Gasteiger partial charge in [-0.25, -0.2) is 4.79 Å². The smallest absolute Gasteiger partial charge is 0.343 e. The molecule has 24 heavy (non-hydrogen) atoms. The molecule has 0 heterocycles. The molecule has 1 fully saturated rings. The van der Waals surface area contributed by atoms with Crippen molar-refractivity contribution in [1.82, 2.24) is 0 Å². The predicted molar refractivity (Wildman–Crippen MR) is 103 cm³/mol. The highest BCUT2D eigenvalue weighted by Gasteiger charge is 2.13. The minimum atomic E-state index is -0.356. The molecule has 1 rings (SSSR count). The molecule has 3 nitrogen and oxygen atoms in total. The van der Waals surface area contributed by atoms with E-state index in [0.29, 0.717) is 11.0 Å². The summed E-state index contributed by atoms with van der Waals surface area (Å²) in [4.78, 5) is 11.7. The van der Waals surface area contributed by atoms with Crippen molar-refractivity contribution in [3.8, 4) is 0 Å². The Morgan fingerprint density at radius 3 is 1.96 bits per heavy atom. The highest BCUT2D eigenvalue weighted by Crippen LogP contribution is 2.23. The molecule has 0 bridgehead atoms. The van der Waals surface area contributed by atoms with Crippen LogP contribution in [0.1, 0.15) is 77.0 Å². The molecule has 1 aliphatic carbocycles. The van der Waals surface area contributed by atoms with Crippen molar-refractivity contribution in [1.29, 1.82) is 0 Å². The maximum Gasteiger partial charge on any atom is 0.343 e. The van der Waals surface area contributed by atoms with Crippen molar-refractivity contribution in [3.63, 3.8) is 0 Å². The minimum Gasteiger partial charge on any atom is -0.495 e. The standard InChI is InChI=1S/C20H34O3S/c1-17(15-16-24-18(2)20(21)22-3)23-19-13-11-9-7-5-4-6-8-10-12-14-19/h19H,1-2,4-16H2,3H3. The lowest BCUT2D eigenvalue weighted by molar-refractivity contribution is -0.135. The van der Waals surface area contributed by atoms with E-state index in [1.54, 1.807) is 0 Å². The van der Waals surface area contributed by atoms with Gasteiger partial charge in [-0.15, -0.1) is 11.8 Å². The van der Waals surface area contributed by atoms with Crippen LogP contribution in [0.4, 0.5) is 0 Å². The first-order valence-electron chi connectivity index (χ1n) is 9.38. The zero-order valence-corrected chi connectivity index (χ0v) is 16.1. The van der Waals surface area contributed by atoms with E-state index in [2.05, 4.69) is 17.9 Å². The molecule has 4 heteroatoms. The van der Waals surface area contributed by atoms with E-state index >= 15 is 0 Å². The first-order chi connectivity index (χ1) is 11.6. The van der Waals surface area contributed by atoms with Crippen LogP contribution in [0.5, 0.6) is 0 Å². The number of thioether (sulfide) groups is 1. The first kappa shape index (κ1) is 21.1. The van der Waals surface area contributed by atoms with Crippen molar-refractivity contribution in [3.05, 3.63) is 23.8 Å². The highest BCUT2D eigenvalue weighted by atomic mass is 32.2. The topological polar surface area (TPSA) is 35.5 Å². The molecule has 1 aliphatic rings. The van der Waals surface area contributed by atoms with E-state index in [-0.39, 0.29) is 5.97 Å². The maximum atomic E-state index is 11.3. The molecule has 0 aliphatic heterocycles. The van der Waals surface area contributed by atoms with Crippen molar-refractivity contribution in [2.75, 3.05) is 12.9 Å². The molecule has 0 atom stereocenters. The van der Waals surface area contributed by atoms with Gasteiger partial charge in [0.05, 0.1) is 23.9 Å². The fraction of sp³-hybridized carbons (Fsp3) is 0.750. The van der Waals surface area contributed by atoms with Gasteiger partial charge in [0.25, 0.3) is 0 Å². The van der Waals surface area contributed by atoms with E-state index in [1.165, 1.54) is 76.7 Å². The van der Waals surface area contributed by atoms with Gasteiger partial charge in [-0.3, -0.25) is 0 Å². The Kier molecular flexibility index (Phi) is 11.8. The molecule has 0 unspecified atom stereocenters. The van der Waals surface area contributed by atoms with E-state index in [1.807, 2.05) is 0 Å². The lowest BCUT2D eigenvalue weighted by atomic mass is 9.99. The number of ether oxygens (including phenoxy) is 2. The van der Waals surface area contributed by atoms with Gasteiger partial charge in [-0.05, 0) is 25.7 Å². The fourth-order valence-corrected chi connectivity index (χ4v) is 3.78. The van der Waals surface area contributed by atoms with Gasteiger partial charge < -0.3 is 9.47 Å². The summed E-state index contributed by atoms with van der Waals surface area (Å²) < 4.78 is 10.8. The molecular formula is C20H34O3S. The number of rotatable bonds is 7. The van der Waals surface area contributed by atoms with Crippen molar-refractivity contribution in [2.45, 2.75) is 83.2 Å². The van der Waals surface area contributed by atoms with Crippen LogP contribution in [0.2, 0.25) is 0 Å². The third kappa shape index (κ3) is 10.1. The Morgan fingerprint density at radius 2 is 1.46 bits per heavy atom. The second-order valence-electron chi connectivity index (χ2n) is 6.55. The zero-order valence-electron chi connectivity index (χ0n) is 15.3. The van der Waals surface area contributed by atoms with Crippen LogP contribution >= 0.6 is 11.8 Å². The van der Waals surface area contributed by atoms with E-state index in [9.17, 15) is 4.79 Å². The van der Waals surface area contributed by atoms with Crippen LogP contribution in [0.3, 0.4) is 0 Å². The molecular weight excluding hydrogens is 320 g/mol. The monoisotopic (exact) mass is 354 g/mol. The van der Waals surface area contributed by atoms with Gasteiger partial charge in [-0.1, -0.05) is 58.1 Å². The van der Waals surface area contributed by atoms with Gasteiger partial charge in [0.1, 0.15) is 0 Å². The second-order valence-corrected chi connectivity index (χ2v) is 7.74. The molecule has 138 valence electrons. The summed E-state index contributed by atoms with van der Waals surface area (Å²) in [5.74, 6) is 1.22. The van der Waals surface area contributed by atoms with Gasteiger partial charge in [0.15, 0.2) is 0 Å².